The number of carboxylic acid groups (broad SMARTS) is 1. The molecule has 0 aromatic carbocycles. The first-order chi connectivity index (χ1) is 5.86. The molecule has 0 radical (unpaired) electrons. The fourth-order valence-electron chi connectivity index (χ4n) is 0.708. The van der Waals surface area contributed by atoms with Crippen molar-refractivity contribution in [3.05, 3.63) is 0 Å². The summed E-state index contributed by atoms with van der Waals surface area (Å²) in [5.41, 5.74) is -0.767. The van der Waals surface area contributed by atoms with Crippen LogP contribution in [0.3, 0.4) is 0 Å². The Kier molecular flexibility index (Phi) is 4.99. The van der Waals surface area contributed by atoms with Crippen LogP contribution in [0.25, 0.3) is 0 Å². The Balaban J connectivity index is 3.58. The molecule has 0 saturated heterocycles. The summed E-state index contributed by atoms with van der Waals surface area (Å²) >= 11 is 0. The van der Waals surface area contributed by atoms with Crippen molar-refractivity contribution in [2.24, 2.45) is 11.3 Å². The summed E-state index contributed by atoms with van der Waals surface area (Å²) in [7, 11) is 0. The molecule has 0 unspecified atom stereocenters. The number of ether oxygens (including phenoxy) is 1. The van der Waals surface area contributed by atoms with Crippen LogP contribution < -0.4 is 0 Å². The first kappa shape index (κ1) is 12.4. The highest BCUT2D eigenvalue weighted by molar-refractivity contribution is 5.73. The SMILES string of the molecule is CC(C)CCOCC(C)(C)C(=O)O. The summed E-state index contributed by atoms with van der Waals surface area (Å²) in [4.78, 5) is 10.7. The van der Waals surface area contributed by atoms with Crippen LogP contribution in [0.1, 0.15) is 34.1 Å². The molecule has 0 heterocycles. The fraction of sp³-hybridized carbons (Fsp3) is 0.900. The fourth-order valence-corrected chi connectivity index (χ4v) is 0.708. The second-order valence-electron chi connectivity index (χ2n) is 4.42. The van der Waals surface area contributed by atoms with Gasteiger partial charge in [0.05, 0.1) is 12.0 Å². The van der Waals surface area contributed by atoms with Gasteiger partial charge in [-0.25, -0.2) is 0 Å². The minimum Gasteiger partial charge on any atom is -0.481 e. The van der Waals surface area contributed by atoms with Gasteiger partial charge < -0.3 is 9.84 Å². The number of aliphatic carboxylic acids is 1. The third-order valence-electron chi connectivity index (χ3n) is 1.88. The highest BCUT2D eigenvalue weighted by Gasteiger charge is 2.27. The van der Waals surface area contributed by atoms with Gasteiger partial charge >= 0.3 is 5.97 Å². The van der Waals surface area contributed by atoms with Gasteiger partial charge in [-0.05, 0) is 26.2 Å². The molecule has 0 rings (SSSR count). The minimum atomic E-state index is -0.808. The van der Waals surface area contributed by atoms with Crippen LogP contribution in [0.4, 0.5) is 0 Å². The lowest BCUT2D eigenvalue weighted by Crippen LogP contribution is -2.29. The van der Waals surface area contributed by atoms with Crippen LogP contribution in [0.15, 0.2) is 0 Å². The molecule has 0 atom stereocenters. The van der Waals surface area contributed by atoms with E-state index in [9.17, 15) is 4.79 Å². The number of hydrogen-bond donors (Lipinski definition) is 1. The highest BCUT2D eigenvalue weighted by Crippen LogP contribution is 2.15. The van der Waals surface area contributed by atoms with E-state index >= 15 is 0 Å². The van der Waals surface area contributed by atoms with E-state index in [1.165, 1.54) is 0 Å². The van der Waals surface area contributed by atoms with Gasteiger partial charge in [-0.15, -0.1) is 0 Å². The average Bonchev–Trinajstić information content (AvgIpc) is 1.97. The van der Waals surface area contributed by atoms with E-state index in [1.54, 1.807) is 13.8 Å². The predicted octanol–water partition coefficient (Wildman–Crippen LogP) is 2.16. The maximum atomic E-state index is 10.7. The third-order valence-corrected chi connectivity index (χ3v) is 1.88. The molecule has 0 aliphatic rings. The summed E-state index contributed by atoms with van der Waals surface area (Å²) in [6.07, 6.45) is 0.982. The van der Waals surface area contributed by atoms with Gasteiger partial charge in [0.25, 0.3) is 0 Å². The molecule has 3 nitrogen and oxygen atoms in total. The van der Waals surface area contributed by atoms with E-state index in [2.05, 4.69) is 13.8 Å². The van der Waals surface area contributed by atoms with Crippen LogP contribution in [0.2, 0.25) is 0 Å². The monoisotopic (exact) mass is 188 g/mol. The zero-order valence-corrected chi connectivity index (χ0v) is 8.96. The standard InChI is InChI=1S/C10H20O3/c1-8(2)5-6-13-7-10(3,4)9(11)12/h8H,5-7H2,1-4H3,(H,11,12). The Morgan fingerprint density at radius 1 is 1.46 bits per heavy atom. The third kappa shape index (κ3) is 5.64. The van der Waals surface area contributed by atoms with Gasteiger partial charge in [0.15, 0.2) is 0 Å². The number of hydrogen-bond acceptors (Lipinski definition) is 2. The molecule has 78 valence electrons. The minimum absolute atomic E-state index is 0.287. The number of carboxylic acids is 1. The lowest BCUT2D eigenvalue weighted by molar-refractivity contribution is -0.150. The number of rotatable bonds is 6. The molecule has 1 N–H and O–H groups in total. The Labute approximate surface area is 80.1 Å². The normalized spacial score (nSPS) is 12.1. The van der Waals surface area contributed by atoms with Gasteiger partial charge in [-0.3, -0.25) is 4.79 Å². The smallest absolute Gasteiger partial charge is 0.311 e. The van der Waals surface area contributed by atoms with Gasteiger partial charge in [0.1, 0.15) is 0 Å². The van der Waals surface area contributed by atoms with Crippen LogP contribution in [0, 0.1) is 11.3 Å². The van der Waals surface area contributed by atoms with Gasteiger partial charge in [0.2, 0.25) is 0 Å². The van der Waals surface area contributed by atoms with Crippen LogP contribution in [-0.2, 0) is 9.53 Å². The first-order valence-corrected chi connectivity index (χ1v) is 4.67. The predicted molar refractivity (Wildman–Crippen MR) is 51.7 cm³/mol. The van der Waals surface area contributed by atoms with E-state index in [4.69, 9.17) is 9.84 Å². The summed E-state index contributed by atoms with van der Waals surface area (Å²) in [5, 5.41) is 8.77. The van der Waals surface area contributed by atoms with E-state index in [0.717, 1.165) is 6.42 Å². The van der Waals surface area contributed by atoms with Gasteiger partial charge in [0, 0.05) is 6.61 Å². The first-order valence-electron chi connectivity index (χ1n) is 4.67. The molecule has 0 aliphatic carbocycles. The second kappa shape index (κ2) is 5.22. The second-order valence-corrected chi connectivity index (χ2v) is 4.42. The van der Waals surface area contributed by atoms with Crippen molar-refractivity contribution >= 4 is 5.97 Å². The van der Waals surface area contributed by atoms with Crippen molar-refractivity contribution in [1.29, 1.82) is 0 Å². The molecule has 3 heteroatoms. The molecule has 0 saturated carbocycles. The Morgan fingerprint density at radius 3 is 2.38 bits per heavy atom. The largest absolute Gasteiger partial charge is 0.481 e. The molecule has 0 aliphatic heterocycles. The molecule has 0 aromatic heterocycles. The zero-order valence-electron chi connectivity index (χ0n) is 8.96. The Hall–Kier alpha value is -0.570. The Morgan fingerprint density at radius 2 is 2.00 bits per heavy atom. The van der Waals surface area contributed by atoms with E-state index < -0.39 is 11.4 Å². The average molecular weight is 188 g/mol. The maximum Gasteiger partial charge on any atom is 0.311 e. The van der Waals surface area contributed by atoms with E-state index in [0.29, 0.717) is 12.5 Å². The summed E-state index contributed by atoms with van der Waals surface area (Å²) in [6, 6.07) is 0. The van der Waals surface area contributed by atoms with Crippen molar-refractivity contribution < 1.29 is 14.6 Å². The van der Waals surface area contributed by atoms with E-state index in [1.807, 2.05) is 0 Å². The van der Waals surface area contributed by atoms with Crippen molar-refractivity contribution in [2.75, 3.05) is 13.2 Å². The van der Waals surface area contributed by atoms with E-state index in [-0.39, 0.29) is 6.61 Å². The topological polar surface area (TPSA) is 46.5 Å². The van der Waals surface area contributed by atoms with Crippen LogP contribution in [-0.4, -0.2) is 24.3 Å². The van der Waals surface area contributed by atoms with Crippen LogP contribution in [0.5, 0.6) is 0 Å². The molecule has 0 aromatic rings. The van der Waals surface area contributed by atoms with Gasteiger partial charge in [-0.2, -0.15) is 0 Å². The highest BCUT2D eigenvalue weighted by atomic mass is 16.5. The molecule has 0 fully saturated rings. The zero-order chi connectivity index (χ0) is 10.5. The lowest BCUT2D eigenvalue weighted by atomic mass is 9.95. The summed E-state index contributed by atoms with van der Waals surface area (Å²) in [6.45, 7) is 8.51. The molecule has 0 bridgehead atoms. The molecule has 0 spiro atoms. The summed E-state index contributed by atoms with van der Waals surface area (Å²) in [5.74, 6) is -0.204. The summed E-state index contributed by atoms with van der Waals surface area (Å²) < 4.78 is 5.29. The molecule has 13 heavy (non-hydrogen) atoms. The maximum absolute atomic E-state index is 10.7. The van der Waals surface area contributed by atoms with Crippen molar-refractivity contribution in [2.45, 2.75) is 34.1 Å². The van der Waals surface area contributed by atoms with Crippen molar-refractivity contribution in [3.63, 3.8) is 0 Å². The molecular formula is C10H20O3. The van der Waals surface area contributed by atoms with Gasteiger partial charge in [-0.1, -0.05) is 13.8 Å². The lowest BCUT2D eigenvalue weighted by Gasteiger charge is -2.19. The number of carbonyl (C=O) groups is 1. The molecule has 0 amide bonds. The molecular weight excluding hydrogens is 168 g/mol. The van der Waals surface area contributed by atoms with Crippen molar-refractivity contribution in [3.8, 4) is 0 Å². The Bertz CT molecular complexity index is 162. The van der Waals surface area contributed by atoms with Crippen molar-refractivity contribution in [1.82, 2.24) is 0 Å². The van der Waals surface area contributed by atoms with Crippen LogP contribution >= 0.6 is 0 Å². The quantitative estimate of drug-likeness (QED) is 0.650.